The Kier molecular flexibility index (Phi) is 7.29. The Morgan fingerprint density at radius 1 is 1.17 bits per heavy atom. The van der Waals surface area contributed by atoms with Crippen LogP contribution < -0.4 is 5.32 Å². The highest BCUT2D eigenvalue weighted by Gasteiger charge is 2.24. The number of carbonyl (C=O) groups is 1. The van der Waals surface area contributed by atoms with Crippen LogP contribution in [-0.4, -0.2) is 31.5 Å². The topological polar surface area (TPSA) is 47.6 Å². The summed E-state index contributed by atoms with van der Waals surface area (Å²) in [5.74, 6) is 0. The summed E-state index contributed by atoms with van der Waals surface area (Å²) in [5.41, 5.74) is -0.489. The van der Waals surface area contributed by atoms with Gasteiger partial charge in [0.2, 0.25) is 0 Å². The molecular weight excluding hydrogens is 230 g/mol. The minimum absolute atomic E-state index is 0.0356. The Balaban J connectivity index is 4.08. The number of rotatable bonds is 7. The van der Waals surface area contributed by atoms with Gasteiger partial charge in [0.15, 0.2) is 0 Å². The van der Waals surface area contributed by atoms with Crippen molar-refractivity contribution in [2.45, 2.75) is 60.0 Å². The van der Waals surface area contributed by atoms with E-state index in [1.54, 1.807) is 0 Å². The Morgan fingerprint density at radius 3 is 2.22 bits per heavy atom. The van der Waals surface area contributed by atoms with Crippen LogP contribution in [0.4, 0.5) is 4.79 Å². The van der Waals surface area contributed by atoms with E-state index in [4.69, 9.17) is 9.47 Å². The molecule has 0 aliphatic rings. The van der Waals surface area contributed by atoms with E-state index in [0.717, 1.165) is 19.4 Å². The van der Waals surface area contributed by atoms with Gasteiger partial charge in [0.1, 0.15) is 5.60 Å². The second-order valence-electron chi connectivity index (χ2n) is 6.07. The lowest BCUT2D eigenvalue weighted by atomic mass is 9.88. The zero-order chi connectivity index (χ0) is 14.2. The monoisotopic (exact) mass is 259 g/mol. The van der Waals surface area contributed by atoms with Gasteiger partial charge in [-0.2, -0.15) is 0 Å². The van der Waals surface area contributed by atoms with E-state index in [2.05, 4.69) is 26.1 Å². The normalized spacial score (nSPS) is 15.0. The minimum Gasteiger partial charge on any atom is -0.444 e. The van der Waals surface area contributed by atoms with Crippen molar-refractivity contribution < 1.29 is 14.3 Å². The molecule has 0 fully saturated rings. The molecule has 0 bridgehead atoms. The Hall–Kier alpha value is -0.770. The molecule has 0 radical (unpaired) electrons. The Labute approximate surface area is 111 Å². The summed E-state index contributed by atoms with van der Waals surface area (Å²) in [4.78, 5) is 11.6. The van der Waals surface area contributed by atoms with Crippen molar-refractivity contribution in [3.63, 3.8) is 0 Å². The van der Waals surface area contributed by atoms with Gasteiger partial charge in [-0.15, -0.1) is 0 Å². The Bertz CT molecular complexity index is 248. The van der Waals surface area contributed by atoms with Crippen LogP contribution in [0.15, 0.2) is 0 Å². The lowest BCUT2D eigenvalue weighted by molar-refractivity contribution is 0.0352. The van der Waals surface area contributed by atoms with Gasteiger partial charge in [0.05, 0.1) is 6.61 Å². The van der Waals surface area contributed by atoms with Crippen molar-refractivity contribution in [2.75, 3.05) is 19.8 Å². The van der Waals surface area contributed by atoms with E-state index in [9.17, 15) is 4.79 Å². The molecular formula is C14H29NO3. The van der Waals surface area contributed by atoms with Gasteiger partial charge in [-0.25, -0.2) is 4.79 Å². The summed E-state index contributed by atoms with van der Waals surface area (Å²) < 4.78 is 10.8. The molecule has 0 aliphatic heterocycles. The molecule has 4 heteroatoms. The second-order valence-corrected chi connectivity index (χ2v) is 6.07. The maximum atomic E-state index is 11.6. The number of carbonyl (C=O) groups excluding carboxylic acids is 1. The molecule has 0 aliphatic carbocycles. The maximum Gasteiger partial charge on any atom is 0.407 e. The summed E-state index contributed by atoms with van der Waals surface area (Å²) >= 11 is 0. The van der Waals surface area contributed by atoms with Crippen molar-refractivity contribution in [3.05, 3.63) is 0 Å². The summed E-state index contributed by atoms with van der Waals surface area (Å²) in [7, 11) is 0. The van der Waals surface area contributed by atoms with E-state index in [1.165, 1.54) is 0 Å². The summed E-state index contributed by atoms with van der Waals surface area (Å²) in [6.45, 7) is 13.9. The van der Waals surface area contributed by atoms with Gasteiger partial charge in [-0.05, 0) is 33.6 Å². The zero-order valence-electron chi connectivity index (χ0n) is 12.8. The lowest BCUT2D eigenvalue weighted by Gasteiger charge is -2.29. The van der Waals surface area contributed by atoms with Gasteiger partial charge in [-0.3, -0.25) is 0 Å². The van der Waals surface area contributed by atoms with E-state index in [1.807, 2.05) is 20.8 Å². The molecule has 4 nitrogen and oxygen atoms in total. The molecule has 0 aromatic rings. The van der Waals surface area contributed by atoms with Crippen LogP contribution in [0.25, 0.3) is 0 Å². The predicted octanol–water partition coefficient (Wildman–Crippen LogP) is 3.35. The number of amides is 1. The first-order valence-electron chi connectivity index (χ1n) is 6.77. The number of alkyl carbamates (subject to hydrolysis) is 1. The van der Waals surface area contributed by atoms with Gasteiger partial charge in [0, 0.05) is 18.6 Å². The average Bonchev–Trinajstić information content (AvgIpc) is 2.25. The van der Waals surface area contributed by atoms with Crippen LogP contribution >= 0.6 is 0 Å². The largest absolute Gasteiger partial charge is 0.444 e. The summed E-state index contributed by atoms with van der Waals surface area (Å²) in [6, 6.07) is 0. The number of hydrogen-bond donors (Lipinski definition) is 1. The smallest absolute Gasteiger partial charge is 0.407 e. The van der Waals surface area contributed by atoms with Crippen LogP contribution in [0.5, 0.6) is 0 Å². The quantitative estimate of drug-likeness (QED) is 0.713. The zero-order valence-corrected chi connectivity index (χ0v) is 12.8. The number of nitrogens with one attached hydrogen (secondary N) is 1. The molecule has 1 unspecified atom stereocenters. The first-order chi connectivity index (χ1) is 8.22. The predicted molar refractivity (Wildman–Crippen MR) is 73.7 cm³/mol. The molecule has 0 aromatic carbocycles. The van der Waals surface area contributed by atoms with Crippen LogP contribution in [0.1, 0.15) is 54.4 Å². The molecule has 0 saturated heterocycles. The van der Waals surface area contributed by atoms with Gasteiger partial charge >= 0.3 is 6.09 Å². The van der Waals surface area contributed by atoms with E-state index in [-0.39, 0.29) is 11.5 Å². The number of ether oxygens (including phenoxy) is 2. The van der Waals surface area contributed by atoms with Crippen molar-refractivity contribution in [3.8, 4) is 0 Å². The molecule has 1 N–H and O–H groups in total. The highest BCUT2D eigenvalue weighted by Crippen LogP contribution is 2.20. The van der Waals surface area contributed by atoms with E-state index < -0.39 is 5.60 Å². The first-order valence-corrected chi connectivity index (χ1v) is 6.77. The molecule has 1 amide bonds. The maximum absolute atomic E-state index is 11.6. The van der Waals surface area contributed by atoms with E-state index in [0.29, 0.717) is 13.2 Å². The third-order valence-electron chi connectivity index (χ3n) is 2.71. The molecule has 0 spiro atoms. The van der Waals surface area contributed by atoms with Crippen molar-refractivity contribution in [1.82, 2.24) is 5.32 Å². The third-order valence-corrected chi connectivity index (χ3v) is 2.71. The van der Waals surface area contributed by atoms with Crippen molar-refractivity contribution >= 4 is 6.09 Å². The fourth-order valence-corrected chi connectivity index (χ4v) is 1.34. The molecule has 0 rings (SSSR count). The molecule has 108 valence electrons. The fourth-order valence-electron chi connectivity index (χ4n) is 1.34. The first kappa shape index (κ1) is 17.2. The third kappa shape index (κ3) is 8.34. The fraction of sp³-hybridized carbons (Fsp3) is 0.929. The molecule has 0 saturated carbocycles. The average molecular weight is 259 g/mol. The lowest BCUT2D eigenvalue weighted by Crippen LogP contribution is -2.41. The summed E-state index contributed by atoms with van der Waals surface area (Å²) in [5, 5.41) is 2.82. The molecule has 0 aromatic heterocycles. The molecule has 18 heavy (non-hydrogen) atoms. The van der Waals surface area contributed by atoms with Crippen LogP contribution in [0.2, 0.25) is 0 Å². The Morgan fingerprint density at radius 2 is 1.78 bits per heavy atom. The van der Waals surface area contributed by atoms with Crippen molar-refractivity contribution in [1.29, 1.82) is 0 Å². The highest BCUT2D eigenvalue weighted by atomic mass is 16.6. The number of hydrogen-bond acceptors (Lipinski definition) is 3. The van der Waals surface area contributed by atoms with Gasteiger partial charge in [-0.1, -0.05) is 20.8 Å². The van der Waals surface area contributed by atoms with Crippen LogP contribution in [0.3, 0.4) is 0 Å². The minimum atomic E-state index is -0.453. The SMILES string of the molecule is CCCOCC(C)(CC)CNC(=O)OC(C)(C)C. The summed E-state index contributed by atoms with van der Waals surface area (Å²) in [6.07, 6.45) is 1.60. The van der Waals surface area contributed by atoms with E-state index >= 15 is 0 Å². The standard InChI is InChI=1S/C14H29NO3/c1-7-9-17-11-14(6,8-2)10-15-12(16)18-13(3,4)5/h7-11H2,1-6H3,(H,15,16). The second kappa shape index (κ2) is 7.62. The molecule has 1 atom stereocenters. The van der Waals surface area contributed by atoms with Crippen LogP contribution in [-0.2, 0) is 9.47 Å². The van der Waals surface area contributed by atoms with Crippen LogP contribution in [0, 0.1) is 5.41 Å². The molecule has 0 heterocycles. The van der Waals surface area contributed by atoms with Gasteiger partial charge < -0.3 is 14.8 Å². The van der Waals surface area contributed by atoms with Crippen molar-refractivity contribution in [2.24, 2.45) is 5.41 Å². The highest BCUT2D eigenvalue weighted by molar-refractivity contribution is 5.67. The van der Waals surface area contributed by atoms with Gasteiger partial charge in [0.25, 0.3) is 0 Å².